The second kappa shape index (κ2) is 5.57. The first-order chi connectivity index (χ1) is 8.36. The topological polar surface area (TPSA) is 44.3 Å². The standard InChI is InChI=1S/C14H16N2O.ClH/c17-14-6-5-11(13-9-15-7-8-16-13)10-3-1-2-4-12(10)14;/h1-6,13,15-17H,7-9H2;1H/t13-;/m1./s1. The van der Waals surface area contributed by atoms with Gasteiger partial charge in [0.05, 0.1) is 0 Å². The SMILES string of the molecule is Cl.Oc1ccc([C@H]2CNCCN2)c2ccccc12. The highest BCUT2D eigenvalue weighted by molar-refractivity contribution is 5.91. The number of fused-ring (bicyclic) bond motifs is 1. The van der Waals surface area contributed by atoms with E-state index >= 15 is 0 Å². The highest BCUT2D eigenvalue weighted by atomic mass is 35.5. The van der Waals surface area contributed by atoms with Crippen molar-refractivity contribution < 1.29 is 5.11 Å². The fourth-order valence-corrected chi connectivity index (χ4v) is 2.48. The predicted molar refractivity (Wildman–Crippen MR) is 76.5 cm³/mol. The number of halogens is 1. The van der Waals surface area contributed by atoms with Crippen molar-refractivity contribution >= 4 is 23.2 Å². The summed E-state index contributed by atoms with van der Waals surface area (Å²) in [5.41, 5.74) is 1.26. The van der Waals surface area contributed by atoms with E-state index in [0.29, 0.717) is 11.8 Å². The molecule has 1 heterocycles. The van der Waals surface area contributed by atoms with Gasteiger partial charge in [0, 0.05) is 31.1 Å². The van der Waals surface area contributed by atoms with Crippen molar-refractivity contribution in [1.29, 1.82) is 0 Å². The number of phenols is 1. The molecule has 0 spiro atoms. The number of piperazine rings is 1. The zero-order valence-electron chi connectivity index (χ0n) is 10.0. The second-order valence-electron chi connectivity index (χ2n) is 4.43. The Balaban J connectivity index is 0.00000120. The minimum atomic E-state index is 0. The highest BCUT2D eigenvalue weighted by Gasteiger charge is 2.17. The predicted octanol–water partition coefficient (Wildman–Crippen LogP) is 2.20. The van der Waals surface area contributed by atoms with Gasteiger partial charge in [0.15, 0.2) is 0 Å². The molecule has 1 aliphatic rings. The van der Waals surface area contributed by atoms with Crippen LogP contribution in [0.15, 0.2) is 36.4 Å². The molecule has 1 fully saturated rings. The van der Waals surface area contributed by atoms with Gasteiger partial charge in [-0.2, -0.15) is 0 Å². The Morgan fingerprint density at radius 2 is 1.78 bits per heavy atom. The maximum atomic E-state index is 9.86. The Kier molecular flexibility index (Phi) is 4.07. The smallest absolute Gasteiger partial charge is 0.123 e. The summed E-state index contributed by atoms with van der Waals surface area (Å²) in [6, 6.07) is 12.1. The van der Waals surface area contributed by atoms with Crippen molar-refractivity contribution in [2.75, 3.05) is 19.6 Å². The van der Waals surface area contributed by atoms with Gasteiger partial charge in [0.2, 0.25) is 0 Å². The summed E-state index contributed by atoms with van der Waals surface area (Å²) < 4.78 is 0. The van der Waals surface area contributed by atoms with Gasteiger partial charge in [0.1, 0.15) is 5.75 Å². The summed E-state index contributed by atoms with van der Waals surface area (Å²) in [7, 11) is 0. The maximum absolute atomic E-state index is 9.86. The molecule has 2 aromatic carbocycles. The monoisotopic (exact) mass is 264 g/mol. The number of hydrogen-bond donors (Lipinski definition) is 3. The van der Waals surface area contributed by atoms with Gasteiger partial charge < -0.3 is 15.7 Å². The third-order valence-electron chi connectivity index (χ3n) is 3.35. The number of aromatic hydroxyl groups is 1. The largest absolute Gasteiger partial charge is 0.507 e. The van der Waals surface area contributed by atoms with Crippen LogP contribution < -0.4 is 10.6 Å². The van der Waals surface area contributed by atoms with Crippen LogP contribution in [0.1, 0.15) is 11.6 Å². The van der Waals surface area contributed by atoms with Crippen LogP contribution in [0.4, 0.5) is 0 Å². The number of benzene rings is 2. The van der Waals surface area contributed by atoms with Crippen LogP contribution >= 0.6 is 12.4 Å². The van der Waals surface area contributed by atoms with Crippen LogP contribution in [0.25, 0.3) is 10.8 Å². The molecular weight excluding hydrogens is 248 g/mol. The molecule has 1 saturated heterocycles. The van der Waals surface area contributed by atoms with E-state index in [9.17, 15) is 5.11 Å². The first-order valence-corrected chi connectivity index (χ1v) is 6.01. The van der Waals surface area contributed by atoms with Gasteiger partial charge in [0.25, 0.3) is 0 Å². The van der Waals surface area contributed by atoms with Crippen LogP contribution in [-0.4, -0.2) is 24.7 Å². The maximum Gasteiger partial charge on any atom is 0.123 e. The van der Waals surface area contributed by atoms with E-state index in [1.165, 1.54) is 5.56 Å². The molecule has 1 aliphatic heterocycles. The summed E-state index contributed by atoms with van der Waals surface area (Å²) in [6.07, 6.45) is 0. The molecule has 0 aromatic heterocycles. The Labute approximate surface area is 113 Å². The summed E-state index contributed by atoms with van der Waals surface area (Å²) in [4.78, 5) is 0. The molecule has 3 N–H and O–H groups in total. The minimum absolute atomic E-state index is 0. The summed E-state index contributed by atoms with van der Waals surface area (Å²) in [6.45, 7) is 2.95. The summed E-state index contributed by atoms with van der Waals surface area (Å²) in [5.74, 6) is 0.355. The Morgan fingerprint density at radius 3 is 2.50 bits per heavy atom. The molecular formula is C14H17ClN2O. The van der Waals surface area contributed by atoms with Crippen LogP contribution in [-0.2, 0) is 0 Å². The highest BCUT2D eigenvalue weighted by Crippen LogP contribution is 2.30. The number of rotatable bonds is 1. The molecule has 0 aliphatic carbocycles. The van der Waals surface area contributed by atoms with Crippen molar-refractivity contribution in [3.63, 3.8) is 0 Å². The van der Waals surface area contributed by atoms with Gasteiger partial charge in [-0.3, -0.25) is 0 Å². The Morgan fingerprint density at radius 1 is 1.00 bits per heavy atom. The van der Waals surface area contributed by atoms with Gasteiger partial charge in [-0.1, -0.05) is 30.3 Å². The summed E-state index contributed by atoms with van der Waals surface area (Å²) >= 11 is 0. The first-order valence-electron chi connectivity index (χ1n) is 6.01. The fraction of sp³-hybridized carbons (Fsp3) is 0.286. The molecule has 18 heavy (non-hydrogen) atoms. The normalized spacial score (nSPS) is 19.4. The lowest BCUT2D eigenvalue weighted by molar-refractivity contribution is 0.431. The van der Waals surface area contributed by atoms with Crippen molar-refractivity contribution in [1.82, 2.24) is 10.6 Å². The number of nitrogens with one attached hydrogen (secondary N) is 2. The molecule has 0 bridgehead atoms. The van der Waals surface area contributed by atoms with Crippen molar-refractivity contribution in [3.05, 3.63) is 42.0 Å². The zero-order valence-corrected chi connectivity index (χ0v) is 10.8. The second-order valence-corrected chi connectivity index (χ2v) is 4.43. The molecule has 0 amide bonds. The molecule has 0 unspecified atom stereocenters. The van der Waals surface area contributed by atoms with Crippen LogP contribution in [0.3, 0.4) is 0 Å². The minimum Gasteiger partial charge on any atom is -0.507 e. The van der Waals surface area contributed by atoms with Crippen LogP contribution in [0.2, 0.25) is 0 Å². The van der Waals surface area contributed by atoms with Crippen molar-refractivity contribution in [2.24, 2.45) is 0 Å². The molecule has 2 aromatic rings. The van der Waals surface area contributed by atoms with E-state index in [-0.39, 0.29) is 12.4 Å². The van der Waals surface area contributed by atoms with E-state index < -0.39 is 0 Å². The first kappa shape index (κ1) is 13.1. The molecule has 3 rings (SSSR count). The molecule has 4 heteroatoms. The summed E-state index contributed by atoms with van der Waals surface area (Å²) in [5, 5.41) is 18.8. The Hall–Kier alpha value is -1.29. The Bertz CT molecular complexity index is 538. The van der Waals surface area contributed by atoms with Gasteiger partial charge in [-0.15, -0.1) is 12.4 Å². The molecule has 0 saturated carbocycles. The third-order valence-corrected chi connectivity index (χ3v) is 3.35. The molecule has 1 atom stereocenters. The molecule has 0 radical (unpaired) electrons. The average molecular weight is 265 g/mol. The quantitative estimate of drug-likeness (QED) is 0.740. The number of phenolic OH excluding ortho intramolecular Hbond substituents is 1. The average Bonchev–Trinajstić information content (AvgIpc) is 2.41. The van der Waals surface area contributed by atoms with Crippen molar-refractivity contribution in [3.8, 4) is 5.75 Å². The van der Waals surface area contributed by atoms with E-state index in [1.807, 2.05) is 24.3 Å². The third kappa shape index (κ3) is 2.29. The van der Waals surface area contributed by atoms with E-state index in [1.54, 1.807) is 6.07 Å². The van der Waals surface area contributed by atoms with Crippen LogP contribution in [0.5, 0.6) is 5.75 Å². The zero-order chi connectivity index (χ0) is 11.7. The lowest BCUT2D eigenvalue weighted by atomic mass is 9.97. The fourth-order valence-electron chi connectivity index (χ4n) is 2.48. The molecule has 96 valence electrons. The lowest BCUT2D eigenvalue weighted by Gasteiger charge is -2.26. The van der Waals surface area contributed by atoms with Crippen molar-refractivity contribution in [2.45, 2.75) is 6.04 Å². The van der Waals surface area contributed by atoms with Gasteiger partial charge >= 0.3 is 0 Å². The van der Waals surface area contributed by atoms with Gasteiger partial charge in [-0.05, 0) is 17.0 Å². The number of hydrogen-bond acceptors (Lipinski definition) is 3. The van der Waals surface area contributed by atoms with E-state index in [4.69, 9.17) is 0 Å². The van der Waals surface area contributed by atoms with Gasteiger partial charge in [-0.25, -0.2) is 0 Å². The molecule has 3 nitrogen and oxygen atoms in total. The van der Waals surface area contributed by atoms with Crippen LogP contribution in [0, 0.1) is 0 Å². The van der Waals surface area contributed by atoms with E-state index in [0.717, 1.165) is 30.4 Å². The van der Waals surface area contributed by atoms with E-state index in [2.05, 4.69) is 16.7 Å². The lowest BCUT2D eigenvalue weighted by Crippen LogP contribution is -2.42.